The Balaban J connectivity index is 4.31. The van der Waals surface area contributed by atoms with Crippen molar-refractivity contribution in [1.82, 2.24) is 16.0 Å². The third-order valence-corrected chi connectivity index (χ3v) is 2.55. The number of rotatable bonds is 7. The van der Waals surface area contributed by atoms with Gasteiger partial charge in [-0.3, -0.25) is 4.79 Å². The lowest BCUT2D eigenvalue weighted by molar-refractivity contribution is -0.139. The van der Waals surface area contributed by atoms with E-state index in [0.29, 0.717) is 0 Å². The van der Waals surface area contributed by atoms with Crippen LogP contribution in [0.1, 0.15) is 20.3 Å². The maximum atomic E-state index is 11.5. The minimum absolute atomic E-state index is 0.0595. The number of aliphatic hydroxyl groups is 1. The predicted octanol–water partition coefficient (Wildman–Crippen LogP) is -1.11. The minimum Gasteiger partial charge on any atom is -0.480 e. The van der Waals surface area contributed by atoms with Crippen molar-refractivity contribution in [3.63, 3.8) is 0 Å². The summed E-state index contributed by atoms with van der Waals surface area (Å²) < 4.78 is 0. The highest BCUT2D eigenvalue weighted by molar-refractivity contribution is 5.84. The highest BCUT2D eigenvalue weighted by Gasteiger charge is 2.27. The fraction of sp³-hybridized carbons (Fsp3) is 0.727. The summed E-state index contributed by atoms with van der Waals surface area (Å²) in [5, 5.41) is 24.6. The first-order chi connectivity index (χ1) is 8.74. The van der Waals surface area contributed by atoms with Crippen LogP contribution in [0.4, 0.5) is 4.79 Å². The van der Waals surface area contributed by atoms with Crippen molar-refractivity contribution in [3.8, 4) is 0 Å². The second kappa shape index (κ2) is 7.57. The molecule has 0 aromatic heterocycles. The van der Waals surface area contributed by atoms with Gasteiger partial charge in [-0.05, 0) is 13.8 Å². The molecule has 0 rings (SSSR count). The third kappa shape index (κ3) is 6.05. The highest BCUT2D eigenvalue weighted by atomic mass is 16.4. The van der Waals surface area contributed by atoms with Crippen LogP contribution in [-0.4, -0.2) is 54.4 Å². The molecule has 0 spiro atoms. The summed E-state index contributed by atoms with van der Waals surface area (Å²) in [6, 6.07) is -1.86. The van der Waals surface area contributed by atoms with E-state index in [1.807, 2.05) is 0 Å². The van der Waals surface area contributed by atoms with Crippen LogP contribution in [0.3, 0.4) is 0 Å². The first-order valence-corrected chi connectivity index (χ1v) is 5.84. The summed E-state index contributed by atoms with van der Waals surface area (Å²) >= 11 is 0. The Kier molecular flexibility index (Phi) is 6.84. The molecule has 0 unspecified atom stereocenters. The van der Waals surface area contributed by atoms with Gasteiger partial charge >= 0.3 is 12.0 Å². The summed E-state index contributed by atoms with van der Waals surface area (Å²) in [4.78, 5) is 33.7. The van der Waals surface area contributed by atoms with Gasteiger partial charge in [0.2, 0.25) is 5.91 Å². The molecule has 0 heterocycles. The largest absolute Gasteiger partial charge is 0.480 e. The van der Waals surface area contributed by atoms with Gasteiger partial charge in [0.1, 0.15) is 6.04 Å². The van der Waals surface area contributed by atoms with E-state index in [-0.39, 0.29) is 25.5 Å². The molecule has 110 valence electrons. The van der Waals surface area contributed by atoms with Crippen molar-refractivity contribution in [3.05, 3.63) is 0 Å². The van der Waals surface area contributed by atoms with E-state index in [9.17, 15) is 14.4 Å². The molecule has 0 aliphatic heterocycles. The number of amides is 3. The van der Waals surface area contributed by atoms with Crippen molar-refractivity contribution >= 4 is 17.9 Å². The average molecular weight is 275 g/mol. The molecule has 0 saturated carbocycles. The normalized spacial score (nSPS) is 12.4. The molecule has 0 bridgehead atoms. The van der Waals surface area contributed by atoms with E-state index in [2.05, 4.69) is 16.0 Å². The molecule has 5 N–H and O–H groups in total. The summed E-state index contributed by atoms with van der Waals surface area (Å²) in [5.74, 6) is -1.47. The first kappa shape index (κ1) is 17.2. The van der Waals surface area contributed by atoms with Gasteiger partial charge in [0, 0.05) is 26.6 Å². The standard InChI is InChI=1S/C11H21N3O5/c1-11(2,9(18)12-3)6-13-10(19)14-7(4-5-15)8(16)17/h7,15H,4-6H2,1-3H3,(H,12,18)(H,16,17)(H2,13,14,19)/t7-/m0/s1. The maximum absolute atomic E-state index is 11.5. The Morgan fingerprint density at radius 3 is 2.26 bits per heavy atom. The third-order valence-electron chi connectivity index (χ3n) is 2.55. The summed E-state index contributed by atoms with van der Waals surface area (Å²) in [5.41, 5.74) is -0.804. The Hall–Kier alpha value is -1.83. The van der Waals surface area contributed by atoms with Gasteiger partial charge in [-0.15, -0.1) is 0 Å². The zero-order chi connectivity index (χ0) is 15.1. The minimum atomic E-state index is -1.23. The molecule has 19 heavy (non-hydrogen) atoms. The predicted molar refractivity (Wildman–Crippen MR) is 67.5 cm³/mol. The zero-order valence-corrected chi connectivity index (χ0v) is 11.3. The van der Waals surface area contributed by atoms with Gasteiger partial charge in [-0.1, -0.05) is 0 Å². The molecule has 1 atom stereocenters. The smallest absolute Gasteiger partial charge is 0.326 e. The maximum Gasteiger partial charge on any atom is 0.326 e. The van der Waals surface area contributed by atoms with Crippen LogP contribution in [0.15, 0.2) is 0 Å². The second-order valence-electron chi connectivity index (χ2n) is 4.69. The van der Waals surface area contributed by atoms with Crippen LogP contribution < -0.4 is 16.0 Å². The molecule has 0 aromatic carbocycles. The summed E-state index contributed by atoms with van der Waals surface area (Å²) in [6.07, 6.45) is -0.0818. The Morgan fingerprint density at radius 2 is 1.84 bits per heavy atom. The summed E-state index contributed by atoms with van der Waals surface area (Å²) in [7, 11) is 1.49. The fourth-order valence-electron chi connectivity index (χ4n) is 1.32. The quantitative estimate of drug-likeness (QED) is 0.402. The Bertz CT molecular complexity index is 343. The molecule has 3 amide bonds. The molecule has 0 fully saturated rings. The molecule has 0 aliphatic rings. The van der Waals surface area contributed by atoms with Crippen molar-refractivity contribution in [2.75, 3.05) is 20.2 Å². The topological polar surface area (TPSA) is 128 Å². The SMILES string of the molecule is CNC(=O)C(C)(C)CNC(=O)N[C@@H](CCO)C(=O)O. The summed E-state index contributed by atoms with van der Waals surface area (Å²) in [6.45, 7) is 3.01. The van der Waals surface area contributed by atoms with Gasteiger partial charge in [0.25, 0.3) is 0 Å². The van der Waals surface area contributed by atoms with Crippen LogP contribution >= 0.6 is 0 Å². The monoisotopic (exact) mass is 275 g/mol. The number of hydrogen-bond acceptors (Lipinski definition) is 4. The van der Waals surface area contributed by atoms with Gasteiger partial charge in [0.15, 0.2) is 0 Å². The van der Waals surface area contributed by atoms with Crippen molar-refractivity contribution in [2.45, 2.75) is 26.3 Å². The lowest BCUT2D eigenvalue weighted by atomic mass is 9.92. The van der Waals surface area contributed by atoms with Crippen molar-refractivity contribution < 1.29 is 24.6 Å². The molecule has 0 aliphatic carbocycles. The lowest BCUT2D eigenvalue weighted by Crippen LogP contribution is -2.50. The van der Waals surface area contributed by atoms with Gasteiger partial charge in [0.05, 0.1) is 5.41 Å². The Morgan fingerprint density at radius 1 is 1.26 bits per heavy atom. The van der Waals surface area contributed by atoms with E-state index >= 15 is 0 Å². The van der Waals surface area contributed by atoms with Crippen LogP contribution in [-0.2, 0) is 9.59 Å². The number of carbonyl (C=O) groups is 3. The number of carbonyl (C=O) groups excluding carboxylic acids is 2. The molecule has 0 saturated heterocycles. The van der Waals surface area contributed by atoms with Crippen LogP contribution in [0.2, 0.25) is 0 Å². The molecular formula is C11H21N3O5. The van der Waals surface area contributed by atoms with E-state index in [4.69, 9.17) is 10.2 Å². The van der Waals surface area contributed by atoms with Gasteiger partial charge in [-0.25, -0.2) is 9.59 Å². The average Bonchev–Trinajstić information content (AvgIpc) is 2.34. The molecule has 0 aromatic rings. The molecular weight excluding hydrogens is 254 g/mol. The molecule has 8 nitrogen and oxygen atoms in total. The van der Waals surface area contributed by atoms with Crippen molar-refractivity contribution in [1.29, 1.82) is 0 Å². The number of nitrogens with one attached hydrogen (secondary N) is 3. The zero-order valence-electron chi connectivity index (χ0n) is 11.3. The van der Waals surface area contributed by atoms with Gasteiger partial charge < -0.3 is 26.2 Å². The van der Waals surface area contributed by atoms with E-state index < -0.39 is 23.5 Å². The fourth-order valence-corrected chi connectivity index (χ4v) is 1.32. The van der Waals surface area contributed by atoms with Crippen LogP contribution in [0.25, 0.3) is 0 Å². The molecule has 0 radical (unpaired) electrons. The number of hydrogen-bond donors (Lipinski definition) is 5. The number of urea groups is 1. The highest BCUT2D eigenvalue weighted by Crippen LogP contribution is 2.12. The number of aliphatic carboxylic acids is 1. The Labute approximate surface area is 111 Å². The van der Waals surface area contributed by atoms with Crippen LogP contribution in [0.5, 0.6) is 0 Å². The molecule has 8 heteroatoms. The second-order valence-corrected chi connectivity index (χ2v) is 4.69. The first-order valence-electron chi connectivity index (χ1n) is 5.84. The van der Waals surface area contributed by atoms with Gasteiger partial charge in [-0.2, -0.15) is 0 Å². The lowest BCUT2D eigenvalue weighted by Gasteiger charge is -2.23. The number of aliphatic hydroxyl groups excluding tert-OH is 1. The van der Waals surface area contributed by atoms with E-state index in [1.165, 1.54) is 7.05 Å². The van der Waals surface area contributed by atoms with E-state index in [1.54, 1.807) is 13.8 Å². The van der Waals surface area contributed by atoms with Crippen LogP contribution in [0, 0.1) is 5.41 Å². The van der Waals surface area contributed by atoms with Crippen molar-refractivity contribution in [2.24, 2.45) is 5.41 Å². The van der Waals surface area contributed by atoms with E-state index in [0.717, 1.165) is 0 Å². The number of carboxylic acid groups (broad SMARTS) is 1. The number of carboxylic acids is 1.